The lowest BCUT2D eigenvalue weighted by Gasteiger charge is -2.29. The minimum absolute atomic E-state index is 0.294. The van der Waals surface area contributed by atoms with Gasteiger partial charge in [0.1, 0.15) is 0 Å². The molecule has 0 aromatic rings. The Labute approximate surface area is 82.7 Å². The number of thioether (sulfide) groups is 1. The molecule has 0 bridgehead atoms. The summed E-state index contributed by atoms with van der Waals surface area (Å²) >= 11 is 1.91. The van der Waals surface area contributed by atoms with Gasteiger partial charge in [-0.25, -0.2) is 8.78 Å². The Bertz CT molecular complexity index is 152. The van der Waals surface area contributed by atoms with Crippen molar-refractivity contribution in [2.45, 2.75) is 44.7 Å². The maximum absolute atomic E-state index is 12.8. The smallest absolute Gasteiger partial charge is 0.260 e. The van der Waals surface area contributed by atoms with Gasteiger partial charge in [0.05, 0.1) is 6.04 Å². The average molecular weight is 209 g/mol. The van der Waals surface area contributed by atoms with Crippen LogP contribution >= 0.6 is 11.8 Å². The van der Waals surface area contributed by atoms with Gasteiger partial charge < -0.3 is 5.32 Å². The molecule has 1 rings (SSSR count). The summed E-state index contributed by atoms with van der Waals surface area (Å²) in [5, 5.41) is 3.00. The first-order valence-corrected chi connectivity index (χ1v) is 5.87. The molecular weight excluding hydrogens is 192 g/mol. The third-order valence-electron chi connectivity index (χ3n) is 2.47. The number of rotatable bonds is 3. The van der Waals surface area contributed by atoms with Crippen LogP contribution in [0.15, 0.2) is 0 Å². The largest absolute Gasteiger partial charge is 0.306 e. The number of hydrogen-bond donors (Lipinski definition) is 1. The SMILES string of the molecule is C[C@@H](NC1CCSCC1)C(C)(F)F. The summed E-state index contributed by atoms with van der Waals surface area (Å²) in [5.41, 5.74) is 0. The molecule has 0 amide bonds. The quantitative estimate of drug-likeness (QED) is 0.766. The maximum atomic E-state index is 12.8. The topological polar surface area (TPSA) is 12.0 Å². The Kier molecular flexibility index (Phi) is 3.98. The molecule has 1 nitrogen and oxygen atoms in total. The molecular formula is C9H17F2NS. The van der Waals surface area contributed by atoms with E-state index < -0.39 is 12.0 Å². The van der Waals surface area contributed by atoms with Crippen LogP contribution in [0.4, 0.5) is 8.78 Å². The Morgan fingerprint density at radius 2 is 1.92 bits per heavy atom. The number of hydrogen-bond acceptors (Lipinski definition) is 2. The van der Waals surface area contributed by atoms with Crippen LogP contribution in [-0.4, -0.2) is 29.5 Å². The van der Waals surface area contributed by atoms with E-state index in [1.54, 1.807) is 6.92 Å². The lowest BCUT2D eigenvalue weighted by Crippen LogP contribution is -2.47. The van der Waals surface area contributed by atoms with Crippen LogP contribution in [0.3, 0.4) is 0 Å². The van der Waals surface area contributed by atoms with Gasteiger partial charge in [0.25, 0.3) is 5.92 Å². The fraction of sp³-hybridized carbons (Fsp3) is 1.00. The molecule has 1 N–H and O–H groups in total. The van der Waals surface area contributed by atoms with E-state index in [0.29, 0.717) is 6.04 Å². The van der Waals surface area contributed by atoms with Crippen LogP contribution in [-0.2, 0) is 0 Å². The first-order valence-electron chi connectivity index (χ1n) is 4.72. The molecule has 1 aliphatic heterocycles. The first-order chi connectivity index (χ1) is 6.00. The summed E-state index contributed by atoms with van der Waals surface area (Å²) in [6, 6.07) is -0.414. The third-order valence-corrected chi connectivity index (χ3v) is 3.52. The number of halogens is 2. The molecule has 1 fully saturated rings. The summed E-state index contributed by atoms with van der Waals surface area (Å²) in [7, 11) is 0. The molecule has 0 aliphatic carbocycles. The molecule has 4 heteroatoms. The third kappa shape index (κ3) is 3.81. The van der Waals surface area contributed by atoms with Crippen molar-refractivity contribution in [1.82, 2.24) is 5.32 Å². The van der Waals surface area contributed by atoms with Crippen LogP contribution in [0.1, 0.15) is 26.7 Å². The highest BCUT2D eigenvalue weighted by atomic mass is 32.2. The molecule has 0 aromatic heterocycles. The fourth-order valence-electron chi connectivity index (χ4n) is 1.36. The molecule has 0 saturated carbocycles. The standard InChI is InChI=1S/C9H17F2NS/c1-7(9(2,10)11)12-8-3-5-13-6-4-8/h7-8,12H,3-6H2,1-2H3/t7-/m1/s1. The molecule has 1 heterocycles. The van der Waals surface area contributed by atoms with Gasteiger partial charge in [0.2, 0.25) is 0 Å². The van der Waals surface area contributed by atoms with Gasteiger partial charge in [0.15, 0.2) is 0 Å². The van der Waals surface area contributed by atoms with Gasteiger partial charge in [-0.2, -0.15) is 11.8 Å². The number of nitrogens with one attached hydrogen (secondary N) is 1. The summed E-state index contributed by atoms with van der Waals surface area (Å²) in [6.07, 6.45) is 2.04. The van der Waals surface area contributed by atoms with E-state index in [1.165, 1.54) is 0 Å². The maximum Gasteiger partial charge on any atom is 0.260 e. The van der Waals surface area contributed by atoms with E-state index in [9.17, 15) is 8.78 Å². The van der Waals surface area contributed by atoms with E-state index in [-0.39, 0.29) is 0 Å². The second-order valence-corrected chi connectivity index (χ2v) is 4.96. The minimum Gasteiger partial charge on any atom is -0.306 e. The summed E-state index contributed by atoms with van der Waals surface area (Å²) < 4.78 is 25.6. The van der Waals surface area contributed by atoms with E-state index in [2.05, 4.69) is 5.32 Å². The van der Waals surface area contributed by atoms with Gasteiger partial charge in [-0.15, -0.1) is 0 Å². The van der Waals surface area contributed by atoms with Crippen molar-refractivity contribution in [3.8, 4) is 0 Å². The van der Waals surface area contributed by atoms with Crippen molar-refractivity contribution >= 4 is 11.8 Å². The molecule has 78 valence electrons. The Morgan fingerprint density at radius 3 is 2.38 bits per heavy atom. The lowest BCUT2D eigenvalue weighted by molar-refractivity contribution is -0.0160. The number of alkyl halides is 2. The monoisotopic (exact) mass is 209 g/mol. The summed E-state index contributed by atoms with van der Waals surface area (Å²) in [4.78, 5) is 0. The van der Waals surface area contributed by atoms with Crippen molar-refractivity contribution in [3.05, 3.63) is 0 Å². The van der Waals surface area contributed by atoms with E-state index in [0.717, 1.165) is 31.3 Å². The zero-order chi connectivity index (χ0) is 9.90. The zero-order valence-electron chi connectivity index (χ0n) is 8.15. The second kappa shape index (κ2) is 4.60. The molecule has 0 radical (unpaired) electrons. The molecule has 0 aromatic carbocycles. The highest BCUT2D eigenvalue weighted by molar-refractivity contribution is 7.99. The van der Waals surface area contributed by atoms with E-state index in [1.807, 2.05) is 11.8 Å². The average Bonchev–Trinajstić information content (AvgIpc) is 2.04. The van der Waals surface area contributed by atoms with Crippen molar-refractivity contribution in [3.63, 3.8) is 0 Å². The normalized spacial score (nSPS) is 23.1. The lowest BCUT2D eigenvalue weighted by atomic mass is 10.1. The van der Waals surface area contributed by atoms with Crippen molar-refractivity contribution in [2.75, 3.05) is 11.5 Å². The van der Waals surface area contributed by atoms with Crippen LogP contribution in [0.5, 0.6) is 0 Å². The van der Waals surface area contributed by atoms with Crippen molar-refractivity contribution < 1.29 is 8.78 Å². The van der Waals surface area contributed by atoms with Gasteiger partial charge >= 0.3 is 0 Å². The minimum atomic E-state index is -2.61. The van der Waals surface area contributed by atoms with E-state index in [4.69, 9.17) is 0 Å². The molecule has 1 atom stereocenters. The van der Waals surface area contributed by atoms with Crippen molar-refractivity contribution in [1.29, 1.82) is 0 Å². The molecule has 0 unspecified atom stereocenters. The Balaban J connectivity index is 2.30. The molecule has 13 heavy (non-hydrogen) atoms. The Morgan fingerprint density at radius 1 is 1.38 bits per heavy atom. The predicted molar refractivity (Wildman–Crippen MR) is 53.6 cm³/mol. The molecule has 1 saturated heterocycles. The van der Waals surface area contributed by atoms with Crippen LogP contribution < -0.4 is 5.32 Å². The van der Waals surface area contributed by atoms with Gasteiger partial charge in [-0.3, -0.25) is 0 Å². The second-order valence-electron chi connectivity index (χ2n) is 3.73. The van der Waals surface area contributed by atoms with Crippen LogP contribution in [0, 0.1) is 0 Å². The van der Waals surface area contributed by atoms with Crippen LogP contribution in [0.25, 0.3) is 0 Å². The summed E-state index contributed by atoms with van der Waals surface area (Å²) in [5.74, 6) is -0.413. The highest BCUT2D eigenvalue weighted by Gasteiger charge is 2.31. The van der Waals surface area contributed by atoms with Gasteiger partial charge in [0, 0.05) is 13.0 Å². The van der Waals surface area contributed by atoms with Crippen LogP contribution in [0.2, 0.25) is 0 Å². The van der Waals surface area contributed by atoms with E-state index >= 15 is 0 Å². The predicted octanol–water partition coefficient (Wildman–Crippen LogP) is 2.52. The first kappa shape index (κ1) is 11.2. The molecule has 1 aliphatic rings. The highest BCUT2D eigenvalue weighted by Crippen LogP contribution is 2.21. The zero-order valence-corrected chi connectivity index (χ0v) is 8.96. The Hall–Kier alpha value is 0.170. The molecule has 0 spiro atoms. The fourth-order valence-corrected chi connectivity index (χ4v) is 2.47. The van der Waals surface area contributed by atoms with Gasteiger partial charge in [-0.1, -0.05) is 0 Å². The summed E-state index contributed by atoms with van der Waals surface area (Å²) in [6.45, 7) is 2.53. The van der Waals surface area contributed by atoms with Gasteiger partial charge in [-0.05, 0) is 31.3 Å². The van der Waals surface area contributed by atoms with Crippen molar-refractivity contribution in [2.24, 2.45) is 0 Å².